The van der Waals surface area contributed by atoms with Crippen LogP contribution in [0.1, 0.15) is 18.3 Å². The highest BCUT2D eigenvalue weighted by atomic mass is 16.1. The Morgan fingerprint density at radius 3 is 2.61 bits per heavy atom. The van der Waals surface area contributed by atoms with Crippen LogP contribution in [0.5, 0.6) is 0 Å². The lowest BCUT2D eigenvalue weighted by Gasteiger charge is -2.07. The van der Waals surface area contributed by atoms with E-state index >= 15 is 0 Å². The van der Waals surface area contributed by atoms with Crippen LogP contribution in [-0.2, 0) is 6.42 Å². The Hall–Kier alpha value is -3.09. The second-order valence-corrected chi connectivity index (χ2v) is 5.32. The summed E-state index contributed by atoms with van der Waals surface area (Å²) in [6.45, 7) is 3.87. The Morgan fingerprint density at radius 2 is 1.87 bits per heavy atom. The molecule has 0 aliphatic carbocycles. The van der Waals surface area contributed by atoms with Crippen molar-refractivity contribution in [2.45, 2.75) is 20.3 Å². The van der Waals surface area contributed by atoms with Gasteiger partial charge in [-0.05, 0) is 37.1 Å². The summed E-state index contributed by atoms with van der Waals surface area (Å²) < 4.78 is 3.11. The number of fused-ring (bicyclic) bond motifs is 3. The number of benzene rings is 1. The molecule has 7 nitrogen and oxygen atoms in total. The van der Waals surface area contributed by atoms with Crippen molar-refractivity contribution in [1.82, 2.24) is 29.4 Å². The summed E-state index contributed by atoms with van der Waals surface area (Å²) in [6, 6.07) is 9.69. The summed E-state index contributed by atoms with van der Waals surface area (Å²) in [6.07, 6.45) is 2.69. The lowest BCUT2D eigenvalue weighted by molar-refractivity contribution is 0.905. The third kappa shape index (κ3) is 2.09. The minimum absolute atomic E-state index is 0.227. The van der Waals surface area contributed by atoms with Crippen LogP contribution in [0.15, 0.2) is 41.3 Å². The first-order chi connectivity index (χ1) is 11.2. The largest absolute Gasteiger partial charge is 0.285 e. The fraction of sp³-hybridized carbons (Fsp3) is 0.188. The number of pyridine rings is 1. The van der Waals surface area contributed by atoms with Gasteiger partial charge in [0.1, 0.15) is 11.3 Å². The van der Waals surface area contributed by atoms with Crippen LogP contribution in [0.3, 0.4) is 0 Å². The first kappa shape index (κ1) is 13.6. The van der Waals surface area contributed by atoms with Crippen LogP contribution in [0.25, 0.3) is 22.5 Å². The average Bonchev–Trinajstić information content (AvgIpc) is 2.96. The highest BCUT2D eigenvalue weighted by Crippen LogP contribution is 2.12. The molecule has 23 heavy (non-hydrogen) atoms. The van der Waals surface area contributed by atoms with Gasteiger partial charge in [0.25, 0.3) is 11.3 Å². The molecule has 3 heterocycles. The van der Waals surface area contributed by atoms with Gasteiger partial charge in [-0.3, -0.25) is 9.36 Å². The van der Waals surface area contributed by atoms with E-state index < -0.39 is 0 Å². The molecule has 0 aliphatic heterocycles. The van der Waals surface area contributed by atoms with Gasteiger partial charge >= 0.3 is 0 Å². The SMILES string of the molecule is CCc1ccc(-n2ccc3c(nnc4nc(C)nn43)c2=O)cc1. The summed E-state index contributed by atoms with van der Waals surface area (Å²) in [7, 11) is 0. The van der Waals surface area contributed by atoms with E-state index in [-0.39, 0.29) is 11.1 Å². The monoisotopic (exact) mass is 306 g/mol. The van der Waals surface area contributed by atoms with E-state index in [1.54, 1.807) is 28.3 Å². The van der Waals surface area contributed by atoms with Crippen molar-refractivity contribution >= 4 is 16.8 Å². The third-order valence-electron chi connectivity index (χ3n) is 3.83. The summed E-state index contributed by atoms with van der Waals surface area (Å²) in [4.78, 5) is 16.9. The van der Waals surface area contributed by atoms with E-state index in [9.17, 15) is 4.79 Å². The molecule has 0 atom stereocenters. The smallest absolute Gasteiger partial charge is 0.282 e. The number of rotatable bonds is 2. The third-order valence-corrected chi connectivity index (χ3v) is 3.83. The summed E-state index contributed by atoms with van der Waals surface area (Å²) in [5.74, 6) is 0.977. The van der Waals surface area contributed by atoms with Crippen LogP contribution in [0.2, 0.25) is 0 Å². The normalized spacial score (nSPS) is 11.4. The van der Waals surface area contributed by atoms with Crippen molar-refractivity contribution in [2.75, 3.05) is 0 Å². The van der Waals surface area contributed by atoms with E-state index in [0.29, 0.717) is 17.1 Å². The molecule has 7 heteroatoms. The lowest BCUT2D eigenvalue weighted by atomic mass is 10.1. The zero-order valence-corrected chi connectivity index (χ0v) is 12.8. The number of nitrogens with zero attached hydrogens (tertiary/aromatic N) is 6. The van der Waals surface area contributed by atoms with Crippen LogP contribution in [0.4, 0.5) is 0 Å². The Labute approximate surface area is 131 Å². The quantitative estimate of drug-likeness (QED) is 0.563. The van der Waals surface area contributed by atoms with Gasteiger partial charge in [-0.25, -0.2) is 0 Å². The molecule has 114 valence electrons. The average molecular weight is 306 g/mol. The highest BCUT2D eigenvalue weighted by molar-refractivity contribution is 5.74. The zero-order valence-electron chi connectivity index (χ0n) is 12.8. The minimum Gasteiger partial charge on any atom is -0.282 e. The molecule has 4 aromatic rings. The standard InChI is InChI=1S/C16H14N6O/c1-3-11-4-6-12(7-5-11)21-9-8-13-14(15(21)23)18-19-16-17-10(2)20-22(13)16/h4-9H,3H2,1-2H3. The van der Waals surface area contributed by atoms with Gasteiger partial charge in [0.05, 0.1) is 0 Å². The molecule has 0 radical (unpaired) electrons. The summed E-state index contributed by atoms with van der Waals surface area (Å²) >= 11 is 0. The minimum atomic E-state index is -0.227. The fourth-order valence-corrected chi connectivity index (χ4v) is 2.60. The number of aromatic nitrogens is 6. The van der Waals surface area contributed by atoms with Gasteiger partial charge in [-0.1, -0.05) is 19.1 Å². The second kappa shape index (κ2) is 4.98. The Balaban J connectivity index is 1.96. The summed E-state index contributed by atoms with van der Waals surface area (Å²) in [5.41, 5.74) is 2.66. The maximum Gasteiger partial charge on any atom is 0.285 e. The van der Waals surface area contributed by atoms with Gasteiger partial charge in [-0.15, -0.1) is 15.3 Å². The lowest BCUT2D eigenvalue weighted by Crippen LogP contribution is -2.20. The van der Waals surface area contributed by atoms with Gasteiger partial charge in [0, 0.05) is 11.9 Å². The molecule has 0 spiro atoms. The van der Waals surface area contributed by atoms with Crippen molar-refractivity contribution in [3.8, 4) is 5.69 Å². The zero-order chi connectivity index (χ0) is 16.0. The van der Waals surface area contributed by atoms with E-state index in [1.807, 2.05) is 24.3 Å². The molecular formula is C16H14N6O. The molecule has 3 aromatic heterocycles. The van der Waals surface area contributed by atoms with Crippen molar-refractivity contribution in [1.29, 1.82) is 0 Å². The van der Waals surface area contributed by atoms with Crippen molar-refractivity contribution in [3.05, 3.63) is 58.3 Å². The molecule has 1 aromatic carbocycles. The predicted molar refractivity (Wildman–Crippen MR) is 85.8 cm³/mol. The molecule has 4 rings (SSSR count). The summed E-state index contributed by atoms with van der Waals surface area (Å²) in [5, 5.41) is 12.3. The molecule has 0 unspecified atom stereocenters. The van der Waals surface area contributed by atoms with E-state index in [0.717, 1.165) is 12.1 Å². The molecule has 0 saturated heterocycles. The maximum absolute atomic E-state index is 12.7. The number of hydrogen-bond acceptors (Lipinski definition) is 5. The van der Waals surface area contributed by atoms with Crippen molar-refractivity contribution in [3.63, 3.8) is 0 Å². The molecule has 0 saturated carbocycles. The van der Waals surface area contributed by atoms with E-state index in [4.69, 9.17) is 0 Å². The molecule has 0 amide bonds. The van der Waals surface area contributed by atoms with Crippen LogP contribution >= 0.6 is 0 Å². The number of aryl methyl sites for hydroxylation is 2. The Bertz CT molecular complexity index is 1080. The molecule has 0 aliphatic rings. The van der Waals surface area contributed by atoms with Gasteiger partial charge in [-0.2, -0.15) is 9.50 Å². The molecule has 0 fully saturated rings. The van der Waals surface area contributed by atoms with Crippen molar-refractivity contribution < 1.29 is 0 Å². The van der Waals surface area contributed by atoms with Crippen LogP contribution in [0, 0.1) is 6.92 Å². The fourth-order valence-electron chi connectivity index (χ4n) is 2.60. The Morgan fingerprint density at radius 1 is 1.09 bits per heavy atom. The first-order valence-electron chi connectivity index (χ1n) is 7.38. The molecular weight excluding hydrogens is 292 g/mol. The highest BCUT2D eigenvalue weighted by Gasteiger charge is 2.12. The Kier molecular flexibility index (Phi) is 2.94. The van der Waals surface area contributed by atoms with Gasteiger partial charge in [0.15, 0.2) is 5.52 Å². The van der Waals surface area contributed by atoms with E-state index in [2.05, 4.69) is 27.2 Å². The van der Waals surface area contributed by atoms with E-state index in [1.165, 1.54) is 5.56 Å². The predicted octanol–water partition coefficient (Wildman–Crippen LogP) is 1.69. The second-order valence-electron chi connectivity index (χ2n) is 5.32. The molecule has 0 bridgehead atoms. The van der Waals surface area contributed by atoms with Crippen LogP contribution in [-0.4, -0.2) is 29.4 Å². The number of hydrogen-bond donors (Lipinski definition) is 0. The van der Waals surface area contributed by atoms with Crippen LogP contribution < -0.4 is 5.56 Å². The van der Waals surface area contributed by atoms with Gasteiger partial charge in [0.2, 0.25) is 0 Å². The molecule has 0 N–H and O–H groups in total. The van der Waals surface area contributed by atoms with Gasteiger partial charge < -0.3 is 0 Å². The maximum atomic E-state index is 12.7. The van der Waals surface area contributed by atoms with Crippen molar-refractivity contribution in [2.24, 2.45) is 0 Å². The topological polar surface area (TPSA) is 78.0 Å². The first-order valence-corrected chi connectivity index (χ1v) is 7.38.